The molecule has 0 aliphatic rings. The molecule has 0 radical (unpaired) electrons. The van der Waals surface area contributed by atoms with Crippen LogP contribution in [0.1, 0.15) is 21.5 Å². The molecular weight excluding hydrogens is 426 g/mol. The smallest absolute Gasteiger partial charge is 0.255 e. The molecule has 0 aliphatic heterocycles. The number of allylic oxidation sites excluding steroid dienone is 1. The Morgan fingerprint density at radius 1 is 0.941 bits per heavy atom. The standard InChI is InChI=1S/C28H27N3O3/c1-19(32)15-20-7-14-27(24(16-20)18-30-29-2)34-26-12-9-22(10-13-26)28(33)31-25-11-8-21-5-3-4-6-23(21)17-25/h3-14,16-17,29-30,32H,1,15,18H2,2H3,(H,31,33). The lowest BCUT2D eigenvalue weighted by molar-refractivity contribution is 0.102. The van der Waals surface area contributed by atoms with Crippen molar-refractivity contribution in [2.75, 3.05) is 12.4 Å². The first-order valence-corrected chi connectivity index (χ1v) is 11.0. The van der Waals surface area contributed by atoms with Crippen LogP contribution < -0.4 is 20.9 Å². The molecule has 6 heteroatoms. The molecule has 4 aromatic carbocycles. The monoisotopic (exact) mass is 453 g/mol. The van der Waals surface area contributed by atoms with Gasteiger partial charge in [0.15, 0.2) is 0 Å². The van der Waals surface area contributed by atoms with E-state index < -0.39 is 0 Å². The number of anilines is 1. The SMILES string of the molecule is C=C(O)Cc1ccc(Oc2ccc(C(=O)Nc3ccc4ccccc4c3)cc2)c(CNNC)c1. The third-order valence-electron chi connectivity index (χ3n) is 5.34. The molecular formula is C28H27N3O3. The zero-order valence-corrected chi connectivity index (χ0v) is 19.0. The Balaban J connectivity index is 1.46. The first-order chi connectivity index (χ1) is 16.5. The first-order valence-electron chi connectivity index (χ1n) is 11.0. The number of carbonyl (C=O) groups is 1. The Hall–Kier alpha value is -4.13. The first kappa shape index (κ1) is 23.0. The molecule has 0 atom stereocenters. The lowest BCUT2D eigenvalue weighted by Crippen LogP contribution is -2.26. The maximum Gasteiger partial charge on any atom is 0.255 e. The van der Waals surface area contributed by atoms with Crippen molar-refractivity contribution in [3.8, 4) is 11.5 Å². The van der Waals surface area contributed by atoms with E-state index in [1.54, 1.807) is 31.3 Å². The van der Waals surface area contributed by atoms with Gasteiger partial charge in [-0.25, -0.2) is 0 Å². The second-order valence-electron chi connectivity index (χ2n) is 7.93. The van der Waals surface area contributed by atoms with Crippen LogP contribution in [0.5, 0.6) is 11.5 Å². The van der Waals surface area contributed by atoms with Gasteiger partial charge in [0.05, 0.1) is 5.76 Å². The highest BCUT2D eigenvalue weighted by Gasteiger charge is 2.10. The summed E-state index contributed by atoms with van der Waals surface area (Å²) in [4.78, 5) is 12.7. The van der Waals surface area contributed by atoms with Crippen molar-refractivity contribution < 1.29 is 14.6 Å². The largest absolute Gasteiger partial charge is 0.513 e. The van der Waals surface area contributed by atoms with Gasteiger partial charge in [-0.2, -0.15) is 0 Å². The number of ether oxygens (including phenoxy) is 1. The molecule has 6 nitrogen and oxygen atoms in total. The summed E-state index contributed by atoms with van der Waals surface area (Å²) in [5.41, 5.74) is 9.11. The van der Waals surface area contributed by atoms with E-state index in [9.17, 15) is 9.90 Å². The lowest BCUT2D eigenvalue weighted by atomic mass is 10.1. The number of nitrogens with one attached hydrogen (secondary N) is 3. The molecule has 34 heavy (non-hydrogen) atoms. The molecule has 0 fully saturated rings. The Morgan fingerprint density at radius 3 is 2.44 bits per heavy atom. The number of rotatable bonds is 9. The normalized spacial score (nSPS) is 10.7. The number of benzene rings is 4. The van der Waals surface area contributed by atoms with Crippen molar-refractivity contribution in [1.82, 2.24) is 10.9 Å². The fourth-order valence-electron chi connectivity index (χ4n) is 3.67. The minimum Gasteiger partial charge on any atom is -0.513 e. The van der Waals surface area contributed by atoms with Gasteiger partial charge in [0, 0.05) is 29.8 Å². The van der Waals surface area contributed by atoms with Crippen LogP contribution >= 0.6 is 0 Å². The minimum atomic E-state index is -0.186. The molecule has 4 rings (SSSR count). The molecule has 172 valence electrons. The van der Waals surface area contributed by atoms with Gasteiger partial charge in [-0.05, 0) is 65.8 Å². The van der Waals surface area contributed by atoms with Crippen molar-refractivity contribution in [3.63, 3.8) is 0 Å². The number of hydrogen-bond donors (Lipinski definition) is 4. The fourth-order valence-corrected chi connectivity index (χ4v) is 3.67. The number of fused-ring (bicyclic) bond motifs is 1. The van der Waals surface area contributed by atoms with Crippen LogP contribution in [0, 0.1) is 0 Å². The summed E-state index contributed by atoms with van der Waals surface area (Å²) in [6.45, 7) is 4.09. The number of aliphatic hydroxyl groups is 1. The molecule has 0 heterocycles. The highest BCUT2D eigenvalue weighted by Crippen LogP contribution is 2.28. The summed E-state index contributed by atoms with van der Waals surface area (Å²) in [6.07, 6.45) is 0.383. The van der Waals surface area contributed by atoms with Gasteiger partial charge >= 0.3 is 0 Å². The second-order valence-corrected chi connectivity index (χ2v) is 7.93. The van der Waals surface area contributed by atoms with E-state index in [1.165, 1.54) is 0 Å². The maximum atomic E-state index is 12.7. The lowest BCUT2D eigenvalue weighted by Gasteiger charge is -2.14. The van der Waals surface area contributed by atoms with Crippen LogP contribution in [0.15, 0.2) is 97.3 Å². The summed E-state index contributed by atoms with van der Waals surface area (Å²) in [6, 6.07) is 26.6. The number of hydrazine groups is 1. The van der Waals surface area contributed by atoms with Crippen LogP contribution in [0.4, 0.5) is 5.69 Å². The average molecular weight is 454 g/mol. The van der Waals surface area contributed by atoms with Gasteiger partial charge in [-0.3, -0.25) is 15.6 Å². The molecule has 0 saturated carbocycles. The molecule has 0 aliphatic carbocycles. The molecule has 0 aromatic heterocycles. The van der Waals surface area contributed by atoms with Crippen molar-refractivity contribution in [2.45, 2.75) is 13.0 Å². The molecule has 4 aromatic rings. The molecule has 0 saturated heterocycles. The summed E-state index contributed by atoms with van der Waals surface area (Å²) < 4.78 is 6.08. The van der Waals surface area contributed by atoms with Crippen LogP contribution in [0.3, 0.4) is 0 Å². The van der Waals surface area contributed by atoms with E-state index in [1.807, 2.05) is 60.7 Å². The summed E-state index contributed by atoms with van der Waals surface area (Å²) in [7, 11) is 1.79. The van der Waals surface area contributed by atoms with Crippen LogP contribution in [-0.4, -0.2) is 18.1 Å². The van der Waals surface area contributed by atoms with E-state index >= 15 is 0 Å². The van der Waals surface area contributed by atoms with Gasteiger partial charge in [0.2, 0.25) is 0 Å². The molecule has 4 N–H and O–H groups in total. The number of hydrogen-bond acceptors (Lipinski definition) is 5. The number of aliphatic hydroxyl groups excluding tert-OH is 1. The third kappa shape index (κ3) is 5.81. The highest BCUT2D eigenvalue weighted by atomic mass is 16.5. The fraction of sp³-hybridized carbons (Fsp3) is 0.107. The Bertz CT molecular complexity index is 1320. The Labute approximate surface area is 198 Å². The van der Waals surface area contributed by atoms with Gasteiger partial charge in [-0.1, -0.05) is 49.0 Å². The second kappa shape index (κ2) is 10.7. The van der Waals surface area contributed by atoms with Crippen molar-refractivity contribution in [1.29, 1.82) is 0 Å². The third-order valence-corrected chi connectivity index (χ3v) is 5.34. The van der Waals surface area contributed by atoms with E-state index in [2.05, 4.69) is 22.7 Å². The predicted octanol–water partition coefficient (Wildman–Crippen LogP) is 5.72. The quantitative estimate of drug-likeness (QED) is 0.192. The predicted molar refractivity (Wildman–Crippen MR) is 136 cm³/mol. The Morgan fingerprint density at radius 2 is 1.71 bits per heavy atom. The minimum absolute atomic E-state index is 0.110. The van der Waals surface area contributed by atoms with E-state index in [0.29, 0.717) is 30.0 Å². The summed E-state index contributed by atoms with van der Waals surface area (Å²) in [5.74, 6) is 1.23. The highest BCUT2D eigenvalue weighted by molar-refractivity contribution is 6.05. The van der Waals surface area contributed by atoms with Gasteiger partial charge in [-0.15, -0.1) is 0 Å². The summed E-state index contributed by atoms with van der Waals surface area (Å²) in [5, 5.41) is 14.6. The number of amides is 1. The van der Waals surface area contributed by atoms with E-state index in [4.69, 9.17) is 4.74 Å². The molecule has 1 amide bonds. The molecule has 0 bridgehead atoms. The summed E-state index contributed by atoms with van der Waals surface area (Å²) >= 11 is 0. The Kier molecular flexibility index (Phi) is 7.22. The van der Waals surface area contributed by atoms with Gasteiger partial charge in [0.25, 0.3) is 5.91 Å². The van der Waals surface area contributed by atoms with Gasteiger partial charge < -0.3 is 15.2 Å². The zero-order chi connectivity index (χ0) is 23.9. The van der Waals surface area contributed by atoms with Crippen LogP contribution in [-0.2, 0) is 13.0 Å². The van der Waals surface area contributed by atoms with Crippen LogP contribution in [0.25, 0.3) is 10.8 Å². The topological polar surface area (TPSA) is 82.6 Å². The van der Waals surface area contributed by atoms with Crippen molar-refractivity contribution in [3.05, 3.63) is 114 Å². The van der Waals surface area contributed by atoms with Gasteiger partial charge in [0.1, 0.15) is 11.5 Å². The van der Waals surface area contributed by atoms with E-state index in [0.717, 1.165) is 27.6 Å². The average Bonchev–Trinajstić information content (AvgIpc) is 2.84. The van der Waals surface area contributed by atoms with Crippen LogP contribution in [0.2, 0.25) is 0 Å². The number of carbonyl (C=O) groups excluding carboxylic acids is 1. The van der Waals surface area contributed by atoms with E-state index in [-0.39, 0.29) is 11.7 Å². The van der Waals surface area contributed by atoms with Crippen molar-refractivity contribution in [2.24, 2.45) is 0 Å². The molecule has 0 spiro atoms. The maximum absolute atomic E-state index is 12.7. The zero-order valence-electron chi connectivity index (χ0n) is 19.0. The molecule has 0 unspecified atom stereocenters. The van der Waals surface area contributed by atoms with Crippen molar-refractivity contribution >= 4 is 22.4 Å².